The van der Waals surface area contributed by atoms with Crippen LogP contribution in [0.3, 0.4) is 0 Å². The number of aromatic nitrogens is 3. The molecule has 0 fully saturated rings. The maximum absolute atomic E-state index is 12.9. The summed E-state index contributed by atoms with van der Waals surface area (Å²) in [6.07, 6.45) is 2.38. The van der Waals surface area contributed by atoms with Crippen LogP contribution in [-0.4, -0.2) is 25.8 Å². The molecular weight excluding hydrogens is 496 g/mol. The van der Waals surface area contributed by atoms with Crippen molar-refractivity contribution in [1.82, 2.24) is 15.0 Å². The van der Waals surface area contributed by atoms with Crippen molar-refractivity contribution in [2.45, 2.75) is 13.0 Å². The van der Waals surface area contributed by atoms with Crippen molar-refractivity contribution in [2.24, 2.45) is 0 Å². The van der Waals surface area contributed by atoms with Gasteiger partial charge in [0.2, 0.25) is 0 Å². The fourth-order valence-electron chi connectivity index (χ4n) is 3.63. The SMILES string of the molecule is Nc1ccc(-c2cccs2)cc1NC(=O)c1ccc(-c2cn(CCc3cccc([N+](=O)[O-])c3)nn2)s1. The molecule has 2 aromatic carbocycles. The number of amides is 1. The van der Waals surface area contributed by atoms with E-state index in [0.29, 0.717) is 34.9 Å². The Labute approximate surface area is 214 Å². The summed E-state index contributed by atoms with van der Waals surface area (Å²) in [5, 5.41) is 24.3. The van der Waals surface area contributed by atoms with Crippen molar-refractivity contribution < 1.29 is 9.72 Å². The quantitative estimate of drug-likeness (QED) is 0.154. The van der Waals surface area contributed by atoms with Gasteiger partial charge in [0.25, 0.3) is 11.6 Å². The summed E-state index contributed by atoms with van der Waals surface area (Å²) in [7, 11) is 0. The van der Waals surface area contributed by atoms with Gasteiger partial charge in [-0.05, 0) is 53.3 Å². The highest BCUT2D eigenvalue weighted by Crippen LogP contribution is 2.32. The number of carbonyl (C=O) groups is 1. The van der Waals surface area contributed by atoms with Crippen molar-refractivity contribution in [1.29, 1.82) is 0 Å². The first kappa shape index (κ1) is 23.4. The van der Waals surface area contributed by atoms with E-state index in [9.17, 15) is 14.9 Å². The van der Waals surface area contributed by atoms with Gasteiger partial charge in [0.05, 0.1) is 32.2 Å². The van der Waals surface area contributed by atoms with E-state index in [-0.39, 0.29) is 11.6 Å². The number of benzene rings is 2. The number of carbonyl (C=O) groups excluding carboxylic acids is 1. The molecule has 5 rings (SSSR count). The highest BCUT2D eigenvalue weighted by Gasteiger charge is 2.15. The minimum absolute atomic E-state index is 0.0659. The molecule has 1 amide bonds. The lowest BCUT2D eigenvalue weighted by molar-refractivity contribution is -0.384. The Morgan fingerprint density at radius 2 is 1.97 bits per heavy atom. The number of nitro groups is 1. The maximum Gasteiger partial charge on any atom is 0.269 e. The molecule has 0 spiro atoms. The molecule has 11 heteroatoms. The number of nitrogens with zero attached hydrogens (tertiary/aromatic N) is 4. The summed E-state index contributed by atoms with van der Waals surface area (Å²) in [6, 6.07) is 19.7. The number of thiophene rings is 2. The monoisotopic (exact) mass is 516 g/mol. The smallest absolute Gasteiger partial charge is 0.269 e. The Bertz CT molecular complexity index is 1540. The molecule has 5 aromatic rings. The molecule has 0 radical (unpaired) electrons. The Hall–Kier alpha value is -4.35. The normalized spacial score (nSPS) is 10.9. The first-order chi connectivity index (χ1) is 17.5. The van der Waals surface area contributed by atoms with Gasteiger partial charge in [0.15, 0.2) is 0 Å². The van der Waals surface area contributed by atoms with Crippen molar-refractivity contribution in [3.8, 4) is 21.0 Å². The van der Waals surface area contributed by atoms with Crippen molar-refractivity contribution >= 4 is 45.6 Å². The van der Waals surface area contributed by atoms with E-state index < -0.39 is 4.92 Å². The number of nitro benzene ring substituents is 1. The molecule has 9 nitrogen and oxygen atoms in total. The molecule has 0 aliphatic rings. The largest absolute Gasteiger partial charge is 0.397 e. The molecular formula is C25H20N6O3S2. The lowest BCUT2D eigenvalue weighted by Gasteiger charge is -2.09. The highest BCUT2D eigenvalue weighted by atomic mass is 32.1. The average Bonchev–Trinajstić information content (AvgIpc) is 3.66. The molecule has 0 atom stereocenters. The molecule has 0 unspecified atom stereocenters. The Morgan fingerprint density at radius 1 is 1.08 bits per heavy atom. The van der Waals surface area contributed by atoms with Crippen molar-refractivity contribution in [3.05, 3.63) is 98.9 Å². The van der Waals surface area contributed by atoms with Crippen LogP contribution in [0.5, 0.6) is 0 Å². The number of hydrogen-bond donors (Lipinski definition) is 2. The summed E-state index contributed by atoms with van der Waals surface area (Å²) in [5.41, 5.74) is 9.71. The third kappa shape index (κ3) is 5.16. The van der Waals surface area contributed by atoms with Gasteiger partial charge in [-0.3, -0.25) is 19.6 Å². The molecule has 3 N–H and O–H groups in total. The van der Waals surface area contributed by atoms with Gasteiger partial charge in [-0.25, -0.2) is 0 Å². The predicted octanol–water partition coefficient (Wildman–Crippen LogP) is 5.72. The zero-order valence-corrected chi connectivity index (χ0v) is 20.5. The van der Waals surface area contributed by atoms with Crippen LogP contribution in [-0.2, 0) is 13.0 Å². The van der Waals surface area contributed by atoms with E-state index >= 15 is 0 Å². The van der Waals surface area contributed by atoms with Crippen molar-refractivity contribution in [3.63, 3.8) is 0 Å². The summed E-state index contributed by atoms with van der Waals surface area (Å²) in [5.74, 6) is -0.251. The van der Waals surface area contributed by atoms with Crippen LogP contribution in [0.4, 0.5) is 17.1 Å². The molecule has 3 heterocycles. The van der Waals surface area contributed by atoms with Crippen LogP contribution in [0.2, 0.25) is 0 Å². The van der Waals surface area contributed by atoms with Gasteiger partial charge >= 0.3 is 0 Å². The molecule has 0 bridgehead atoms. The fraction of sp³-hybridized carbons (Fsp3) is 0.0800. The van der Waals surface area contributed by atoms with Crippen molar-refractivity contribution in [2.75, 3.05) is 11.1 Å². The second-order valence-corrected chi connectivity index (χ2v) is 9.97. The maximum atomic E-state index is 12.9. The van der Waals surface area contributed by atoms with E-state index in [4.69, 9.17) is 5.73 Å². The lowest BCUT2D eigenvalue weighted by Crippen LogP contribution is -2.11. The Morgan fingerprint density at radius 3 is 2.78 bits per heavy atom. The number of anilines is 2. The Balaban J connectivity index is 1.25. The van der Waals surface area contributed by atoms with Crippen LogP contribution >= 0.6 is 22.7 Å². The second-order valence-electron chi connectivity index (χ2n) is 7.94. The highest BCUT2D eigenvalue weighted by molar-refractivity contribution is 7.17. The number of nitrogen functional groups attached to an aromatic ring is 1. The molecule has 0 aliphatic heterocycles. The van der Waals surface area contributed by atoms with E-state index in [1.165, 1.54) is 17.4 Å². The standard InChI is InChI=1S/C25H20N6O3S2/c26-19-7-6-17(22-5-2-12-35-22)14-20(19)27-25(32)24-9-8-23(36-24)21-15-30(29-28-21)11-10-16-3-1-4-18(13-16)31(33)34/h1-9,12-15H,10-11,26H2,(H,27,32). The predicted molar refractivity (Wildman–Crippen MR) is 142 cm³/mol. The van der Waals surface area contributed by atoms with Gasteiger partial charge in [-0.2, -0.15) is 0 Å². The number of non-ortho nitro benzene ring substituents is 1. The van der Waals surface area contributed by atoms with Gasteiger partial charge < -0.3 is 11.1 Å². The molecule has 3 aromatic heterocycles. The third-order valence-electron chi connectivity index (χ3n) is 5.48. The van der Waals surface area contributed by atoms with Gasteiger partial charge in [0.1, 0.15) is 5.69 Å². The minimum atomic E-state index is -0.406. The summed E-state index contributed by atoms with van der Waals surface area (Å²) < 4.78 is 1.68. The first-order valence-corrected chi connectivity index (χ1v) is 12.6. The van der Waals surface area contributed by atoms with Crippen LogP contribution in [0.25, 0.3) is 21.0 Å². The summed E-state index contributed by atoms with van der Waals surface area (Å²) in [6.45, 7) is 0.521. The van der Waals surface area contributed by atoms with E-state index in [1.807, 2.05) is 41.8 Å². The van der Waals surface area contributed by atoms with Crippen LogP contribution < -0.4 is 11.1 Å². The zero-order valence-electron chi connectivity index (χ0n) is 18.8. The number of hydrogen-bond acceptors (Lipinski definition) is 8. The second kappa shape index (κ2) is 10.1. The van der Waals surface area contributed by atoms with Crippen LogP contribution in [0, 0.1) is 10.1 Å². The average molecular weight is 517 g/mol. The number of aryl methyl sites for hydroxylation is 2. The third-order valence-corrected chi connectivity index (χ3v) is 7.50. The van der Waals surface area contributed by atoms with Gasteiger partial charge in [-0.15, -0.1) is 27.8 Å². The molecule has 0 aliphatic carbocycles. The first-order valence-electron chi connectivity index (χ1n) is 10.9. The molecule has 36 heavy (non-hydrogen) atoms. The number of nitrogens with two attached hydrogens (primary N) is 1. The van der Waals surface area contributed by atoms with Gasteiger partial charge in [-0.1, -0.05) is 29.5 Å². The molecule has 0 saturated carbocycles. The van der Waals surface area contributed by atoms with E-state index in [0.717, 1.165) is 20.9 Å². The number of nitrogens with one attached hydrogen (secondary N) is 1. The topological polar surface area (TPSA) is 129 Å². The zero-order chi connectivity index (χ0) is 25.1. The van der Waals surface area contributed by atoms with E-state index in [1.54, 1.807) is 46.5 Å². The summed E-state index contributed by atoms with van der Waals surface area (Å²) >= 11 is 2.93. The van der Waals surface area contributed by atoms with Gasteiger partial charge in [0, 0.05) is 23.6 Å². The van der Waals surface area contributed by atoms with E-state index in [2.05, 4.69) is 15.6 Å². The minimum Gasteiger partial charge on any atom is -0.397 e. The summed E-state index contributed by atoms with van der Waals surface area (Å²) in [4.78, 5) is 25.9. The molecule has 0 saturated heterocycles. The number of rotatable bonds is 8. The lowest BCUT2D eigenvalue weighted by atomic mass is 10.1. The van der Waals surface area contributed by atoms with Crippen LogP contribution in [0.1, 0.15) is 15.2 Å². The Kier molecular flexibility index (Phi) is 6.56. The van der Waals surface area contributed by atoms with Crippen LogP contribution in [0.15, 0.2) is 78.3 Å². The fourth-order valence-corrected chi connectivity index (χ4v) is 5.21. The molecule has 180 valence electrons.